The number of unbranched alkanes of at least 4 members (excludes halogenated alkanes) is 1. The number of para-hydroxylation sites is 1. The minimum Gasteiger partial charge on any atom is -0.491 e. The standard InChI is InChI=1S/C17H27NO2/c1-5-6-10-18(4)15-11-20-17-13(12(2)3)8-7-9-14(17)16(15)19/h7-9,12,15-16,19H,5-6,10-11H2,1-4H3. The Balaban J connectivity index is 2.21. The second-order valence-corrected chi connectivity index (χ2v) is 6.08. The van der Waals surface area contributed by atoms with Crippen molar-refractivity contribution in [3.05, 3.63) is 29.3 Å². The number of benzene rings is 1. The molecule has 112 valence electrons. The van der Waals surface area contributed by atoms with Crippen LogP contribution in [0.5, 0.6) is 5.75 Å². The van der Waals surface area contributed by atoms with Crippen LogP contribution < -0.4 is 4.74 Å². The molecule has 0 aliphatic carbocycles. The fourth-order valence-electron chi connectivity index (χ4n) is 2.84. The number of aliphatic hydroxyl groups is 1. The predicted molar refractivity (Wildman–Crippen MR) is 82.3 cm³/mol. The Kier molecular flexibility index (Phi) is 5.06. The first-order chi connectivity index (χ1) is 9.56. The van der Waals surface area contributed by atoms with E-state index in [1.807, 2.05) is 12.1 Å². The van der Waals surface area contributed by atoms with Gasteiger partial charge in [0.05, 0.1) is 6.04 Å². The van der Waals surface area contributed by atoms with Crippen molar-refractivity contribution in [3.63, 3.8) is 0 Å². The normalized spacial score (nSPS) is 21.9. The summed E-state index contributed by atoms with van der Waals surface area (Å²) >= 11 is 0. The topological polar surface area (TPSA) is 32.7 Å². The molecule has 0 aromatic heterocycles. The molecule has 1 aromatic rings. The van der Waals surface area contributed by atoms with Crippen molar-refractivity contribution in [1.82, 2.24) is 4.90 Å². The van der Waals surface area contributed by atoms with E-state index in [-0.39, 0.29) is 6.04 Å². The summed E-state index contributed by atoms with van der Waals surface area (Å²) in [5.74, 6) is 1.31. The zero-order chi connectivity index (χ0) is 14.7. The molecule has 3 heteroatoms. The monoisotopic (exact) mass is 277 g/mol. The van der Waals surface area contributed by atoms with Gasteiger partial charge in [-0.15, -0.1) is 0 Å². The molecule has 0 amide bonds. The molecule has 0 saturated heterocycles. The van der Waals surface area contributed by atoms with Gasteiger partial charge in [0.15, 0.2) is 0 Å². The van der Waals surface area contributed by atoms with E-state index in [0.717, 1.165) is 24.3 Å². The van der Waals surface area contributed by atoms with E-state index in [4.69, 9.17) is 4.74 Å². The van der Waals surface area contributed by atoms with E-state index in [2.05, 4.69) is 38.8 Å². The van der Waals surface area contributed by atoms with Crippen molar-refractivity contribution in [2.24, 2.45) is 0 Å². The van der Waals surface area contributed by atoms with Crippen molar-refractivity contribution >= 4 is 0 Å². The molecule has 0 radical (unpaired) electrons. The van der Waals surface area contributed by atoms with Gasteiger partial charge in [-0.05, 0) is 31.5 Å². The molecule has 2 unspecified atom stereocenters. The van der Waals surface area contributed by atoms with Gasteiger partial charge in [-0.25, -0.2) is 0 Å². The van der Waals surface area contributed by atoms with Gasteiger partial charge < -0.3 is 9.84 Å². The summed E-state index contributed by atoms with van der Waals surface area (Å²) in [7, 11) is 2.07. The molecule has 1 aliphatic rings. The van der Waals surface area contributed by atoms with Gasteiger partial charge in [0, 0.05) is 5.56 Å². The smallest absolute Gasteiger partial charge is 0.128 e. The summed E-state index contributed by atoms with van der Waals surface area (Å²) in [5.41, 5.74) is 2.13. The van der Waals surface area contributed by atoms with Gasteiger partial charge in [0.2, 0.25) is 0 Å². The average molecular weight is 277 g/mol. The first kappa shape index (κ1) is 15.3. The number of rotatable bonds is 5. The van der Waals surface area contributed by atoms with Crippen LogP contribution in [0.25, 0.3) is 0 Å². The third kappa shape index (κ3) is 2.99. The molecule has 20 heavy (non-hydrogen) atoms. The van der Waals surface area contributed by atoms with Crippen molar-refractivity contribution < 1.29 is 9.84 Å². The number of hydrogen-bond acceptors (Lipinski definition) is 3. The molecule has 2 rings (SSSR count). The van der Waals surface area contributed by atoms with Gasteiger partial charge in [-0.2, -0.15) is 0 Å². The predicted octanol–water partition coefficient (Wildman–Crippen LogP) is 3.34. The third-order valence-electron chi connectivity index (χ3n) is 4.21. The minimum atomic E-state index is -0.459. The number of likely N-dealkylation sites (N-methyl/N-ethyl adjacent to an activating group) is 1. The lowest BCUT2D eigenvalue weighted by Gasteiger charge is -2.37. The van der Waals surface area contributed by atoms with E-state index in [9.17, 15) is 5.11 Å². The summed E-state index contributed by atoms with van der Waals surface area (Å²) in [6.45, 7) is 8.07. The molecular formula is C17H27NO2. The molecule has 1 aromatic carbocycles. The molecule has 1 aliphatic heterocycles. The Morgan fingerprint density at radius 3 is 2.80 bits per heavy atom. The Hall–Kier alpha value is -1.06. The maximum atomic E-state index is 10.7. The molecule has 0 spiro atoms. The summed E-state index contributed by atoms with van der Waals surface area (Å²) < 4.78 is 6.00. The molecule has 0 saturated carbocycles. The third-order valence-corrected chi connectivity index (χ3v) is 4.21. The summed E-state index contributed by atoms with van der Waals surface area (Å²) in [6, 6.07) is 6.16. The molecule has 0 fully saturated rings. The van der Waals surface area contributed by atoms with E-state index < -0.39 is 6.10 Å². The molecule has 0 bridgehead atoms. The van der Waals surface area contributed by atoms with Crippen LogP contribution in [0, 0.1) is 0 Å². The summed E-state index contributed by atoms with van der Waals surface area (Å²) in [5, 5.41) is 10.7. The van der Waals surface area contributed by atoms with Gasteiger partial charge in [0.1, 0.15) is 18.5 Å². The lowest BCUT2D eigenvalue weighted by Crippen LogP contribution is -2.44. The Morgan fingerprint density at radius 1 is 1.40 bits per heavy atom. The molecule has 3 nitrogen and oxygen atoms in total. The SMILES string of the molecule is CCCCN(C)C1COc2c(C(C)C)cccc2C1O. The van der Waals surface area contributed by atoms with Crippen molar-refractivity contribution in [2.75, 3.05) is 20.2 Å². The van der Waals surface area contributed by atoms with E-state index in [1.165, 1.54) is 12.0 Å². The van der Waals surface area contributed by atoms with E-state index >= 15 is 0 Å². The minimum absolute atomic E-state index is 0.0523. The average Bonchev–Trinajstić information content (AvgIpc) is 2.44. The van der Waals surface area contributed by atoms with Crippen molar-refractivity contribution in [3.8, 4) is 5.75 Å². The van der Waals surface area contributed by atoms with Crippen molar-refractivity contribution in [1.29, 1.82) is 0 Å². The summed E-state index contributed by atoms with van der Waals surface area (Å²) in [6.07, 6.45) is 1.86. The quantitative estimate of drug-likeness (QED) is 0.896. The van der Waals surface area contributed by atoms with Crippen LogP contribution in [0.4, 0.5) is 0 Å². The van der Waals surface area contributed by atoms with Crippen LogP contribution in [-0.2, 0) is 0 Å². The molecule has 1 heterocycles. The van der Waals surface area contributed by atoms with Crippen LogP contribution in [0.1, 0.15) is 56.8 Å². The number of hydrogen-bond donors (Lipinski definition) is 1. The molecule has 2 atom stereocenters. The highest BCUT2D eigenvalue weighted by Crippen LogP contribution is 2.39. The van der Waals surface area contributed by atoms with Gasteiger partial charge in [-0.3, -0.25) is 4.90 Å². The Bertz CT molecular complexity index is 445. The lowest BCUT2D eigenvalue weighted by atomic mass is 9.92. The highest BCUT2D eigenvalue weighted by Gasteiger charge is 2.33. The van der Waals surface area contributed by atoms with Crippen LogP contribution >= 0.6 is 0 Å². The van der Waals surface area contributed by atoms with Crippen LogP contribution in [-0.4, -0.2) is 36.2 Å². The number of ether oxygens (including phenoxy) is 1. The lowest BCUT2D eigenvalue weighted by molar-refractivity contribution is 0.0141. The second kappa shape index (κ2) is 6.59. The largest absolute Gasteiger partial charge is 0.491 e. The fraction of sp³-hybridized carbons (Fsp3) is 0.647. The fourth-order valence-corrected chi connectivity index (χ4v) is 2.84. The van der Waals surface area contributed by atoms with E-state index in [0.29, 0.717) is 12.5 Å². The second-order valence-electron chi connectivity index (χ2n) is 6.08. The van der Waals surface area contributed by atoms with Gasteiger partial charge in [-0.1, -0.05) is 45.4 Å². The zero-order valence-corrected chi connectivity index (χ0v) is 13.1. The van der Waals surface area contributed by atoms with E-state index in [1.54, 1.807) is 0 Å². The maximum Gasteiger partial charge on any atom is 0.128 e. The highest BCUT2D eigenvalue weighted by molar-refractivity contribution is 5.46. The first-order valence-corrected chi connectivity index (χ1v) is 7.70. The van der Waals surface area contributed by atoms with Crippen LogP contribution in [0.15, 0.2) is 18.2 Å². The van der Waals surface area contributed by atoms with Gasteiger partial charge >= 0.3 is 0 Å². The molecule has 1 N–H and O–H groups in total. The zero-order valence-electron chi connectivity index (χ0n) is 13.1. The van der Waals surface area contributed by atoms with Crippen LogP contribution in [0.2, 0.25) is 0 Å². The number of nitrogens with zero attached hydrogens (tertiary/aromatic N) is 1. The number of aliphatic hydroxyl groups excluding tert-OH is 1. The number of fused-ring (bicyclic) bond motifs is 1. The summed E-state index contributed by atoms with van der Waals surface area (Å²) in [4.78, 5) is 2.22. The Morgan fingerprint density at radius 2 is 2.15 bits per heavy atom. The Labute approximate surface area is 122 Å². The highest BCUT2D eigenvalue weighted by atomic mass is 16.5. The van der Waals surface area contributed by atoms with Crippen molar-refractivity contribution in [2.45, 2.75) is 51.7 Å². The first-order valence-electron chi connectivity index (χ1n) is 7.70. The van der Waals surface area contributed by atoms with Crippen LogP contribution in [0.3, 0.4) is 0 Å². The molecular weight excluding hydrogens is 250 g/mol. The maximum absolute atomic E-state index is 10.7. The van der Waals surface area contributed by atoms with Gasteiger partial charge in [0.25, 0.3) is 0 Å².